The van der Waals surface area contributed by atoms with E-state index >= 15 is 0 Å². The van der Waals surface area contributed by atoms with E-state index in [4.69, 9.17) is 11.6 Å². The Balaban J connectivity index is 2.16. The fourth-order valence-corrected chi connectivity index (χ4v) is 4.50. The predicted octanol–water partition coefficient (Wildman–Crippen LogP) is 1.91. The smallest absolute Gasteiger partial charge is 0.243 e. The molecule has 1 aromatic rings. The monoisotopic (exact) mass is 292 g/mol. The van der Waals surface area contributed by atoms with Crippen LogP contribution in [0.2, 0.25) is 5.02 Å². The van der Waals surface area contributed by atoms with E-state index in [-0.39, 0.29) is 16.0 Å². The molecule has 0 bridgehead atoms. The summed E-state index contributed by atoms with van der Waals surface area (Å²) < 4.78 is 26.8. The first-order chi connectivity index (χ1) is 8.09. The van der Waals surface area contributed by atoms with Crippen LogP contribution in [-0.4, -0.2) is 30.9 Å². The lowest BCUT2D eigenvalue weighted by Crippen LogP contribution is -2.37. The molecule has 94 valence electrons. The zero-order chi connectivity index (χ0) is 12.3. The van der Waals surface area contributed by atoms with E-state index in [9.17, 15) is 8.42 Å². The van der Waals surface area contributed by atoms with Crippen molar-refractivity contribution in [1.82, 2.24) is 9.71 Å². The van der Waals surface area contributed by atoms with Gasteiger partial charge in [0.1, 0.15) is 4.90 Å². The largest absolute Gasteiger partial charge is 0.263 e. The van der Waals surface area contributed by atoms with Crippen molar-refractivity contribution in [2.24, 2.45) is 0 Å². The van der Waals surface area contributed by atoms with E-state index in [1.807, 2.05) is 11.8 Å². The second kappa shape index (κ2) is 5.56. The summed E-state index contributed by atoms with van der Waals surface area (Å²) in [5.74, 6) is 1.99. The van der Waals surface area contributed by atoms with Gasteiger partial charge in [0.05, 0.1) is 5.02 Å². The Bertz CT molecular complexity index is 487. The van der Waals surface area contributed by atoms with Gasteiger partial charge in [0.2, 0.25) is 10.0 Å². The van der Waals surface area contributed by atoms with Gasteiger partial charge in [0.25, 0.3) is 0 Å². The highest BCUT2D eigenvalue weighted by Crippen LogP contribution is 2.22. The molecule has 1 aliphatic rings. The summed E-state index contributed by atoms with van der Waals surface area (Å²) in [6.07, 6.45) is 4.48. The van der Waals surface area contributed by atoms with Crippen molar-refractivity contribution in [3.63, 3.8) is 0 Å². The van der Waals surface area contributed by atoms with Crippen molar-refractivity contribution >= 4 is 33.4 Å². The predicted molar refractivity (Wildman–Crippen MR) is 69.9 cm³/mol. The zero-order valence-corrected chi connectivity index (χ0v) is 11.5. The molecule has 0 spiro atoms. The van der Waals surface area contributed by atoms with Gasteiger partial charge in [-0.1, -0.05) is 11.6 Å². The molecule has 2 rings (SSSR count). The standard InChI is InChI=1S/C10H13ClN2O2S2/c11-9-1-4-12-7-10(9)17(14,15)13-8-2-5-16-6-3-8/h1,4,7-8,13H,2-3,5-6H2. The minimum atomic E-state index is -3.54. The second-order valence-corrected chi connectivity index (χ2v) is 7.13. The number of aromatic nitrogens is 1. The van der Waals surface area contributed by atoms with Gasteiger partial charge in [0, 0.05) is 18.4 Å². The Morgan fingerprint density at radius 3 is 2.76 bits per heavy atom. The van der Waals surface area contributed by atoms with Crippen LogP contribution in [0.25, 0.3) is 0 Å². The van der Waals surface area contributed by atoms with Crippen LogP contribution >= 0.6 is 23.4 Å². The summed E-state index contributed by atoms with van der Waals surface area (Å²) in [7, 11) is -3.54. The topological polar surface area (TPSA) is 59.1 Å². The molecule has 1 fully saturated rings. The number of thioether (sulfide) groups is 1. The van der Waals surface area contributed by atoms with Gasteiger partial charge in [-0.15, -0.1) is 0 Å². The molecule has 4 nitrogen and oxygen atoms in total. The van der Waals surface area contributed by atoms with Crippen LogP contribution in [0.15, 0.2) is 23.4 Å². The van der Waals surface area contributed by atoms with E-state index in [0.29, 0.717) is 0 Å². The summed E-state index contributed by atoms with van der Waals surface area (Å²) in [4.78, 5) is 3.85. The minimum Gasteiger partial charge on any atom is -0.263 e. The molecule has 7 heteroatoms. The maximum Gasteiger partial charge on any atom is 0.243 e. The molecule has 2 heterocycles. The summed E-state index contributed by atoms with van der Waals surface area (Å²) in [6, 6.07) is 1.49. The Labute approximate surface area is 110 Å². The Morgan fingerprint density at radius 2 is 2.12 bits per heavy atom. The Hall–Kier alpha value is -0.300. The molecular formula is C10H13ClN2O2S2. The highest BCUT2D eigenvalue weighted by molar-refractivity contribution is 7.99. The summed E-state index contributed by atoms with van der Waals surface area (Å²) >= 11 is 7.71. The number of hydrogen-bond acceptors (Lipinski definition) is 4. The zero-order valence-electron chi connectivity index (χ0n) is 9.10. The number of sulfonamides is 1. The molecule has 0 radical (unpaired) electrons. The van der Waals surface area contributed by atoms with Crippen molar-refractivity contribution in [3.8, 4) is 0 Å². The molecule has 1 aromatic heterocycles. The average Bonchev–Trinajstić information content (AvgIpc) is 2.30. The van der Waals surface area contributed by atoms with Crippen LogP contribution in [-0.2, 0) is 10.0 Å². The van der Waals surface area contributed by atoms with Gasteiger partial charge < -0.3 is 0 Å². The SMILES string of the molecule is O=S(=O)(NC1CCSCC1)c1cnccc1Cl. The number of nitrogens with one attached hydrogen (secondary N) is 1. The number of halogens is 1. The first kappa shape index (κ1) is 13.1. The fraction of sp³-hybridized carbons (Fsp3) is 0.500. The highest BCUT2D eigenvalue weighted by Gasteiger charge is 2.23. The lowest BCUT2D eigenvalue weighted by Gasteiger charge is -2.22. The second-order valence-electron chi connectivity index (χ2n) is 3.81. The van der Waals surface area contributed by atoms with Crippen LogP contribution in [0.3, 0.4) is 0 Å². The normalized spacial score (nSPS) is 18.2. The molecule has 0 unspecified atom stereocenters. The molecule has 0 aliphatic carbocycles. The third-order valence-electron chi connectivity index (χ3n) is 2.57. The van der Waals surface area contributed by atoms with Crippen molar-refractivity contribution in [1.29, 1.82) is 0 Å². The van der Waals surface area contributed by atoms with E-state index < -0.39 is 10.0 Å². The number of hydrogen-bond donors (Lipinski definition) is 1. The van der Waals surface area contributed by atoms with Gasteiger partial charge in [0.15, 0.2) is 0 Å². The summed E-state index contributed by atoms with van der Waals surface area (Å²) in [5.41, 5.74) is 0. The quantitative estimate of drug-likeness (QED) is 0.924. The third kappa shape index (κ3) is 3.34. The van der Waals surface area contributed by atoms with E-state index in [1.54, 1.807) is 0 Å². The van der Waals surface area contributed by atoms with Gasteiger partial charge in [-0.2, -0.15) is 11.8 Å². The van der Waals surface area contributed by atoms with Gasteiger partial charge in [-0.25, -0.2) is 13.1 Å². The molecule has 0 atom stereocenters. The van der Waals surface area contributed by atoms with Crippen LogP contribution in [0.4, 0.5) is 0 Å². The maximum absolute atomic E-state index is 12.1. The van der Waals surface area contributed by atoms with Crippen molar-refractivity contribution in [3.05, 3.63) is 23.5 Å². The number of rotatable bonds is 3. The lowest BCUT2D eigenvalue weighted by molar-refractivity contribution is 0.528. The Morgan fingerprint density at radius 1 is 1.41 bits per heavy atom. The molecular weight excluding hydrogens is 280 g/mol. The molecule has 1 N–H and O–H groups in total. The maximum atomic E-state index is 12.1. The third-order valence-corrected chi connectivity index (χ3v) is 5.61. The van der Waals surface area contributed by atoms with Crippen LogP contribution in [0, 0.1) is 0 Å². The van der Waals surface area contributed by atoms with E-state index in [1.165, 1.54) is 18.5 Å². The van der Waals surface area contributed by atoms with Crippen LogP contribution in [0.5, 0.6) is 0 Å². The summed E-state index contributed by atoms with van der Waals surface area (Å²) in [6.45, 7) is 0. The highest BCUT2D eigenvalue weighted by atomic mass is 35.5. The van der Waals surface area contributed by atoms with Gasteiger partial charge in [-0.3, -0.25) is 4.98 Å². The Kier molecular flexibility index (Phi) is 4.30. The molecule has 0 saturated carbocycles. The fourth-order valence-electron chi connectivity index (χ4n) is 1.66. The number of nitrogens with zero attached hydrogens (tertiary/aromatic N) is 1. The van der Waals surface area contributed by atoms with E-state index in [0.717, 1.165) is 24.3 Å². The minimum absolute atomic E-state index is 0.0116. The molecule has 0 aromatic carbocycles. The van der Waals surface area contributed by atoms with Crippen molar-refractivity contribution in [2.75, 3.05) is 11.5 Å². The molecule has 0 amide bonds. The first-order valence-electron chi connectivity index (χ1n) is 5.29. The summed E-state index contributed by atoms with van der Waals surface area (Å²) in [5, 5.41) is 0.206. The molecule has 1 saturated heterocycles. The van der Waals surface area contributed by atoms with Gasteiger partial charge >= 0.3 is 0 Å². The van der Waals surface area contributed by atoms with Crippen molar-refractivity contribution < 1.29 is 8.42 Å². The molecule has 17 heavy (non-hydrogen) atoms. The first-order valence-corrected chi connectivity index (χ1v) is 8.31. The number of pyridine rings is 1. The van der Waals surface area contributed by atoms with Gasteiger partial charge in [-0.05, 0) is 30.4 Å². The van der Waals surface area contributed by atoms with Crippen LogP contribution in [0.1, 0.15) is 12.8 Å². The van der Waals surface area contributed by atoms with Crippen molar-refractivity contribution in [2.45, 2.75) is 23.8 Å². The molecule has 1 aliphatic heterocycles. The van der Waals surface area contributed by atoms with Crippen LogP contribution < -0.4 is 4.72 Å². The average molecular weight is 293 g/mol. The lowest BCUT2D eigenvalue weighted by atomic mass is 10.2. The van der Waals surface area contributed by atoms with E-state index in [2.05, 4.69) is 9.71 Å².